The number of hydrogen-bond acceptors (Lipinski definition) is 24. The smallest absolute Gasteiger partial charge is 0.303 e. The highest BCUT2D eigenvalue weighted by atomic mass is 16.4. The van der Waals surface area contributed by atoms with Crippen molar-refractivity contribution < 1.29 is 120 Å². The quantitative estimate of drug-likeness (QED) is 0.0291. The lowest BCUT2D eigenvalue weighted by Gasteiger charge is -2.36. The number of carboxylic acids is 1. The first kappa shape index (κ1) is 121. The molecule has 1 aromatic carbocycles. The molecular formula is C92H149N23O25. The molecule has 11 atom stereocenters. The molecule has 0 aliphatic carbocycles. The van der Waals surface area contributed by atoms with E-state index in [2.05, 4.69) is 95.7 Å². The number of primary amides is 3. The van der Waals surface area contributed by atoms with Crippen LogP contribution in [0, 0.1) is 17.8 Å². The van der Waals surface area contributed by atoms with Gasteiger partial charge < -0.3 is 128 Å². The number of amides is 23. The SMILES string of the molecule is CC(=O)NC(C)(C)C(=O)N1CCC[C@H]1C(=O)NC(C)(C)C(=O)N[C@@H](C)C(=O)NC(C)(C)C(=O)N[C@@H](C)C(=O)N[C@@H](CCC(N)=O)C(=O)NC(C)(C)C(=O)N[C@H](C(=O)NC(C)(C)C(=O)NCC(=O)N[C@@H](CC(C)C)C(=O)NC(C)(C)C(=O)N1CCC[C@H]1C(=O)N[C@H](C(=O)NC(C)(C)C(=O)NC(C)(C)C(=O)N[C@@H](CCC(=O)O)C(=O)N[C@@H](CCC(N)=O)C(=O)N[C@@H](Cc1ccccc1)C(N)=O)C(C)C)C(C)C. The summed E-state index contributed by atoms with van der Waals surface area (Å²) in [5.74, 6) is -23.0. The van der Waals surface area contributed by atoms with Crippen LogP contribution < -0.4 is 113 Å². The standard InChI is InChI=1S/C92H149N23O25/c1-46(2)43-57(72(128)109-92(24,25)84(140)114-41-29-33-58(114)73(129)104-64(47(3)4)75(131)112-90(20,21)82(138)113-89(18,19)80(136)103-54(37-40-63(120)121)70(126)101-53(35-38-60(93)117)69(125)102-56(66(95)122)44-52-31-27-26-28-32-52)99-62(119)45-96-77(133)85(10,11)111-76(132)65(48(5)6)105-81(137)88(16,17)108-71(127)55(36-39-61(94)118)100-67(123)49(7)97-78(134)86(12,13)107-68(124)50(8)98-79(135)87(14,15)110-74(130)59-34-30-42-115(59)83(139)91(22,23)106-51(9)116/h26-28,31-32,46-50,53-59,64-65H,29-30,33-45H2,1-25H3,(H2,93,117)(H2,94,118)(H2,95,122)(H,96,133)(H,97,134)(H,98,135)(H,99,119)(H,100,123)(H,101,126)(H,102,125)(H,103,136)(H,104,129)(H,105,137)(H,106,116)(H,107,124)(H,108,127)(H,109,128)(H,110,130)(H,111,132)(H,112,131)(H,113,138)(H,120,121)/t49-,50-,53-,54-,55-,56-,57-,58-,59-,64-,65-/m0/s1. The third kappa shape index (κ3) is 37.0. The van der Waals surface area contributed by atoms with E-state index in [0.29, 0.717) is 18.4 Å². The summed E-state index contributed by atoms with van der Waals surface area (Å²) in [5.41, 5.74) is 2.88. The lowest BCUT2D eigenvalue weighted by Crippen LogP contribution is -2.66. The number of aliphatic carboxylic acids is 1. The summed E-state index contributed by atoms with van der Waals surface area (Å²) in [5, 5.41) is 55.0. The van der Waals surface area contributed by atoms with E-state index in [9.17, 15) is 120 Å². The number of hydrogen-bond donors (Lipinski definition) is 22. The average Bonchev–Trinajstić information content (AvgIpc) is 1.60. The zero-order valence-electron chi connectivity index (χ0n) is 84.9. The van der Waals surface area contributed by atoms with Gasteiger partial charge in [-0.2, -0.15) is 0 Å². The number of carbonyl (C=O) groups excluding carboxylic acids is 23. The Morgan fingerprint density at radius 3 is 1.19 bits per heavy atom. The molecule has 2 heterocycles. The molecule has 48 heteroatoms. The van der Waals surface area contributed by atoms with E-state index >= 15 is 0 Å². The highest BCUT2D eigenvalue weighted by molar-refractivity contribution is 6.05. The maximum absolute atomic E-state index is 14.6. The first-order valence-electron chi connectivity index (χ1n) is 46.4. The van der Waals surface area contributed by atoms with Crippen molar-refractivity contribution in [2.45, 2.75) is 361 Å². The maximum Gasteiger partial charge on any atom is 0.303 e. The molecule has 2 saturated heterocycles. The number of likely N-dealkylation sites (tertiary alicyclic amines) is 2. The number of carboxylic acid groups (broad SMARTS) is 1. The van der Waals surface area contributed by atoms with Gasteiger partial charge in [0.1, 0.15) is 111 Å². The molecule has 0 unspecified atom stereocenters. The van der Waals surface area contributed by atoms with Gasteiger partial charge in [-0.1, -0.05) is 71.9 Å². The van der Waals surface area contributed by atoms with Crippen molar-refractivity contribution in [2.24, 2.45) is 35.0 Å². The van der Waals surface area contributed by atoms with Gasteiger partial charge in [0.15, 0.2) is 0 Å². The predicted molar refractivity (Wildman–Crippen MR) is 507 cm³/mol. The summed E-state index contributed by atoms with van der Waals surface area (Å²) < 4.78 is 0. The van der Waals surface area contributed by atoms with Crippen LogP contribution in [0.15, 0.2) is 30.3 Å². The van der Waals surface area contributed by atoms with Crippen LogP contribution >= 0.6 is 0 Å². The summed E-state index contributed by atoms with van der Waals surface area (Å²) >= 11 is 0. The molecular weight excluding hydrogens is 1830 g/mol. The lowest BCUT2D eigenvalue weighted by atomic mass is 9.96. The first-order valence-corrected chi connectivity index (χ1v) is 46.4. The van der Waals surface area contributed by atoms with E-state index in [1.54, 1.807) is 71.9 Å². The van der Waals surface area contributed by atoms with Gasteiger partial charge >= 0.3 is 5.97 Å². The molecule has 782 valence electrons. The Labute approximate surface area is 815 Å². The van der Waals surface area contributed by atoms with E-state index in [1.165, 1.54) is 141 Å². The normalized spacial score (nSPS) is 16.1. The van der Waals surface area contributed by atoms with Crippen LogP contribution in [0.25, 0.3) is 0 Å². The second-order valence-electron chi connectivity index (χ2n) is 40.9. The van der Waals surface area contributed by atoms with Crippen LogP contribution in [0.3, 0.4) is 0 Å². The van der Waals surface area contributed by atoms with Gasteiger partial charge in [-0.15, -0.1) is 0 Å². The molecule has 0 aromatic heterocycles. The molecule has 140 heavy (non-hydrogen) atoms. The molecule has 0 spiro atoms. The molecule has 2 fully saturated rings. The minimum Gasteiger partial charge on any atom is -0.481 e. The zero-order valence-corrected chi connectivity index (χ0v) is 84.9. The summed E-state index contributed by atoms with van der Waals surface area (Å²) in [6.45, 7) is 34.2. The summed E-state index contributed by atoms with van der Waals surface area (Å²) in [6.07, 6.45) is -1.93. The molecule has 3 rings (SSSR count). The summed E-state index contributed by atoms with van der Waals surface area (Å²) in [7, 11) is 0. The third-order valence-electron chi connectivity index (χ3n) is 23.2. The van der Waals surface area contributed by atoms with Crippen molar-refractivity contribution in [1.82, 2.24) is 106 Å². The Kier molecular flexibility index (Phi) is 43.9. The lowest BCUT2D eigenvalue weighted by molar-refractivity contribution is -0.146. The summed E-state index contributed by atoms with van der Waals surface area (Å²) in [6, 6.07) is -6.82. The predicted octanol–water partition coefficient (Wildman–Crippen LogP) is -4.85. The molecule has 48 nitrogen and oxygen atoms in total. The third-order valence-corrected chi connectivity index (χ3v) is 23.2. The zero-order chi connectivity index (χ0) is 108. The van der Waals surface area contributed by atoms with E-state index in [4.69, 9.17) is 17.2 Å². The van der Waals surface area contributed by atoms with E-state index < -0.39 is 310 Å². The Morgan fingerprint density at radius 2 is 0.729 bits per heavy atom. The van der Waals surface area contributed by atoms with Crippen molar-refractivity contribution in [3.8, 4) is 0 Å². The Hall–Kier alpha value is -13.5. The van der Waals surface area contributed by atoms with E-state index in [1.807, 2.05) is 0 Å². The van der Waals surface area contributed by atoms with E-state index in [0.717, 1.165) is 0 Å². The fourth-order valence-electron chi connectivity index (χ4n) is 14.7. The first-order chi connectivity index (χ1) is 64.1. The second kappa shape index (κ2) is 50.9. The van der Waals surface area contributed by atoms with E-state index in [-0.39, 0.29) is 44.7 Å². The number of benzene rings is 1. The molecule has 25 N–H and O–H groups in total. The highest BCUT2D eigenvalue weighted by Crippen LogP contribution is 2.27. The Bertz CT molecular complexity index is 4790. The monoisotopic (exact) mass is 1980 g/mol. The molecule has 0 bridgehead atoms. The van der Waals surface area contributed by atoms with Gasteiger partial charge in [-0.05, 0) is 199 Å². The van der Waals surface area contributed by atoms with Crippen molar-refractivity contribution in [3.63, 3.8) is 0 Å². The van der Waals surface area contributed by atoms with Crippen LogP contribution in [0.5, 0.6) is 0 Å². The maximum atomic E-state index is 14.6. The largest absolute Gasteiger partial charge is 0.481 e. The van der Waals surface area contributed by atoms with Gasteiger partial charge in [-0.25, -0.2) is 0 Å². The number of rotatable bonds is 53. The van der Waals surface area contributed by atoms with Crippen LogP contribution in [-0.4, -0.2) is 287 Å². The van der Waals surface area contributed by atoms with Crippen LogP contribution in [-0.2, 0) is 121 Å². The van der Waals surface area contributed by atoms with Crippen LogP contribution in [0.4, 0.5) is 0 Å². The van der Waals surface area contributed by atoms with Crippen LogP contribution in [0.1, 0.15) is 249 Å². The fourth-order valence-corrected chi connectivity index (χ4v) is 14.7. The van der Waals surface area contributed by atoms with Crippen molar-refractivity contribution in [2.75, 3.05) is 19.6 Å². The number of nitrogens with zero attached hydrogens (tertiary/aromatic N) is 2. The molecule has 2 aliphatic heterocycles. The van der Waals surface area contributed by atoms with Crippen molar-refractivity contribution >= 4 is 142 Å². The highest BCUT2D eigenvalue weighted by Gasteiger charge is 2.49. The Morgan fingerprint density at radius 1 is 0.364 bits per heavy atom. The van der Waals surface area contributed by atoms with Gasteiger partial charge in [0.05, 0.1) is 6.54 Å². The molecule has 1 aromatic rings. The number of carbonyl (C=O) groups is 24. The fraction of sp³-hybridized carbons (Fsp3) is 0.674. The van der Waals surface area contributed by atoms with Crippen LogP contribution in [0.2, 0.25) is 0 Å². The minimum atomic E-state index is -1.95. The van der Waals surface area contributed by atoms with Gasteiger partial charge in [0, 0.05) is 45.7 Å². The molecule has 0 saturated carbocycles. The number of nitrogens with two attached hydrogens (primary N) is 3. The molecule has 23 amide bonds. The molecule has 0 radical (unpaired) electrons. The second-order valence-corrected chi connectivity index (χ2v) is 40.9. The van der Waals surface area contributed by atoms with Crippen molar-refractivity contribution in [3.05, 3.63) is 35.9 Å². The Balaban J connectivity index is 1.66. The number of nitrogens with one attached hydrogen (secondary N) is 18. The minimum absolute atomic E-state index is 0.000987. The summed E-state index contributed by atoms with van der Waals surface area (Å²) in [4.78, 5) is 328. The van der Waals surface area contributed by atoms with Gasteiger partial charge in [0.2, 0.25) is 136 Å². The van der Waals surface area contributed by atoms with Crippen molar-refractivity contribution in [1.29, 1.82) is 0 Å². The van der Waals surface area contributed by atoms with Gasteiger partial charge in [-0.3, -0.25) is 115 Å². The molecule has 2 aliphatic rings. The van der Waals surface area contributed by atoms with Gasteiger partial charge in [0.25, 0.3) is 0 Å². The average molecular weight is 1980 g/mol. The topological polar surface area (TPSA) is 731 Å².